The molecule has 3 rings (SSSR count). The van der Waals surface area contributed by atoms with E-state index in [1.165, 1.54) is 0 Å². The minimum Gasteiger partial charge on any atom is -0.497 e. The Kier molecular flexibility index (Phi) is 8.98. The number of hydrogen-bond donors (Lipinski definition) is 1. The first-order chi connectivity index (χ1) is 15.5. The molecule has 1 fully saturated rings. The Bertz CT molecular complexity index is 894. The van der Waals surface area contributed by atoms with Crippen molar-refractivity contribution < 1.29 is 14.3 Å². The van der Waals surface area contributed by atoms with Crippen LogP contribution in [0.3, 0.4) is 0 Å². The summed E-state index contributed by atoms with van der Waals surface area (Å²) in [5, 5.41) is 3.84. The van der Waals surface area contributed by atoms with Crippen LogP contribution in [0.1, 0.15) is 56.6 Å². The molecule has 5 nitrogen and oxygen atoms in total. The monoisotopic (exact) mass is 456 g/mol. The summed E-state index contributed by atoms with van der Waals surface area (Å²) in [4.78, 5) is 28.2. The van der Waals surface area contributed by atoms with Crippen LogP contribution >= 0.6 is 11.6 Å². The number of rotatable bonds is 10. The first-order valence-corrected chi connectivity index (χ1v) is 11.9. The third kappa shape index (κ3) is 6.49. The zero-order valence-electron chi connectivity index (χ0n) is 19.0. The first kappa shape index (κ1) is 24.1. The lowest BCUT2D eigenvalue weighted by atomic mass is 10.1. The summed E-state index contributed by atoms with van der Waals surface area (Å²) in [6.07, 6.45) is 5.72. The van der Waals surface area contributed by atoms with Crippen LogP contribution in [-0.4, -0.2) is 35.9 Å². The molecule has 1 aliphatic rings. The van der Waals surface area contributed by atoms with Crippen molar-refractivity contribution in [1.82, 2.24) is 10.2 Å². The summed E-state index contributed by atoms with van der Waals surface area (Å²) in [5.74, 6) is 0.657. The Morgan fingerprint density at radius 1 is 1.12 bits per heavy atom. The first-order valence-electron chi connectivity index (χ1n) is 11.5. The molecule has 1 aliphatic carbocycles. The van der Waals surface area contributed by atoms with Gasteiger partial charge in [-0.25, -0.2) is 0 Å². The molecule has 6 heteroatoms. The fraction of sp³-hybridized carbons (Fsp3) is 0.462. The van der Waals surface area contributed by atoms with E-state index in [-0.39, 0.29) is 17.9 Å². The molecule has 1 atom stereocenters. The maximum absolute atomic E-state index is 13.4. The summed E-state index contributed by atoms with van der Waals surface area (Å²) in [6.45, 7) is 2.34. The largest absolute Gasteiger partial charge is 0.497 e. The minimum atomic E-state index is -0.503. The standard InChI is InChI=1S/C26H33ClN2O3/c1-3-24(26(31)28-21-9-5-6-10-21)29(18-19-12-15-22(32-2)16-13-19)25(30)17-14-20-8-4-7-11-23(20)27/h4,7-8,11-13,15-16,21,24H,3,5-6,9-10,14,17-18H2,1-2H3,(H,28,31)/t24-/m0/s1. The van der Waals surface area contributed by atoms with Crippen LogP contribution in [0.15, 0.2) is 48.5 Å². The van der Waals surface area contributed by atoms with E-state index in [1.54, 1.807) is 12.0 Å². The number of ether oxygens (including phenoxy) is 1. The van der Waals surface area contributed by atoms with Crippen molar-refractivity contribution >= 4 is 23.4 Å². The Morgan fingerprint density at radius 2 is 1.81 bits per heavy atom. The van der Waals surface area contributed by atoms with Gasteiger partial charge in [-0.05, 0) is 55.0 Å². The molecule has 2 aromatic rings. The van der Waals surface area contributed by atoms with Crippen LogP contribution in [0, 0.1) is 0 Å². The molecular formula is C26H33ClN2O3. The van der Waals surface area contributed by atoms with Gasteiger partial charge in [0.2, 0.25) is 11.8 Å². The second-order valence-electron chi connectivity index (χ2n) is 8.38. The molecule has 172 valence electrons. The van der Waals surface area contributed by atoms with Gasteiger partial charge in [0.1, 0.15) is 11.8 Å². The lowest BCUT2D eigenvalue weighted by Gasteiger charge is -2.31. The van der Waals surface area contributed by atoms with Crippen LogP contribution < -0.4 is 10.1 Å². The number of amides is 2. The van der Waals surface area contributed by atoms with Gasteiger partial charge >= 0.3 is 0 Å². The maximum Gasteiger partial charge on any atom is 0.243 e. The summed E-state index contributed by atoms with van der Waals surface area (Å²) in [6, 6.07) is 14.9. The molecule has 0 radical (unpaired) electrons. The molecule has 2 amide bonds. The number of carbonyl (C=O) groups excluding carboxylic acids is 2. The van der Waals surface area contributed by atoms with E-state index in [0.29, 0.717) is 30.8 Å². The molecule has 32 heavy (non-hydrogen) atoms. The van der Waals surface area contributed by atoms with Crippen LogP contribution in [0.2, 0.25) is 5.02 Å². The van der Waals surface area contributed by atoms with Crippen LogP contribution in [0.4, 0.5) is 0 Å². The molecule has 0 heterocycles. The Morgan fingerprint density at radius 3 is 2.44 bits per heavy atom. The number of nitrogens with zero attached hydrogens (tertiary/aromatic N) is 1. The maximum atomic E-state index is 13.4. The van der Waals surface area contributed by atoms with Gasteiger partial charge in [0.25, 0.3) is 0 Å². The number of carbonyl (C=O) groups is 2. The van der Waals surface area contributed by atoms with Crippen molar-refractivity contribution in [2.24, 2.45) is 0 Å². The van der Waals surface area contributed by atoms with Crippen LogP contribution in [0.25, 0.3) is 0 Å². The lowest BCUT2D eigenvalue weighted by Crippen LogP contribution is -2.51. The van der Waals surface area contributed by atoms with E-state index in [2.05, 4.69) is 5.32 Å². The van der Waals surface area contributed by atoms with E-state index >= 15 is 0 Å². The van der Waals surface area contributed by atoms with Crippen molar-refractivity contribution in [3.63, 3.8) is 0 Å². The normalized spacial score (nSPS) is 14.7. The average Bonchev–Trinajstić information content (AvgIpc) is 3.31. The minimum absolute atomic E-state index is 0.0471. The number of hydrogen-bond acceptors (Lipinski definition) is 3. The van der Waals surface area contributed by atoms with Crippen LogP contribution in [0.5, 0.6) is 5.75 Å². The zero-order valence-corrected chi connectivity index (χ0v) is 19.7. The van der Waals surface area contributed by atoms with Crippen molar-refractivity contribution in [1.29, 1.82) is 0 Å². The summed E-state index contributed by atoms with van der Waals surface area (Å²) < 4.78 is 5.24. The Labute approximate surface area is 196 Å². The number of methoxy groups -OCH3 is 1. The highest BCUT2D eigenvalue weighted by molar-refractivity contribution is 6.31. The molecule has 0 spiro atoms. The molecule has 0 aromatic heterocycles. The van der Waals surface area contributed by atoms with E-state index < -0.39 is 6.04 Å². The molecule has 1 saturated carbocycles. The Balaban J connectivity index is 1.76. The summed E-state index contributed by atoms with van der Waals surface area (Å²) >= 11 is 6.28. The molecule has 0 saturated heterocycles. The topological polar surface area (TPSA) is 58.6 Å². The zero-order chi connectivity index (χ0) is 22.9. The predicted octanol–water partition coefficient (Wildman–Crippen LogP) is 5.15. The van der Waals surface area contributed by atoms with Gasteiger partial charge in [-0.2, -0.15) is 0 Å². The average molecular weight is 457 g/mol. The SMILES string of the molecule is CC[C@@H](C(=O)NC1CCCC1)N(Cc1ccc(OC)cc1)C(=O)CCc1ccccc1Cl. The third-order valence-electron chi connectivity index (χ3n) is 6.17. The van der Waals surface area contributed by atoms with E-state index in [9.17, 15) is 9.59 Å². The van der Waals surface area contributed by atoms with Gasteiger partial charge in [-0.1, -0.05) is 61.7 Å². The number of benzene rings is 2. The summed E-state index contributed by atoms with van der Waals surface area (Å²) in [7, 11) is 1.63. The number of nitrogens with one attached hydrogen (secondary N) is 1. The fourth-order valence-corrected chi connectivity index (χ4v) is 4.53. The summed E-state index contributed by atoms with van der Waals surface area (Å²) in [5.41, 5.74) is 1.90. The molecule has 1 N–H and O–H groups in total. The highest BCUT2D eigenvalue weighted by Gasteiger charge is 2.30. The van der Waals surface area contributed by atoms with Crippen molar-refractivity contribution in [2.45, 2.75) is 70.5 Å². The molecule has 0 unspecified atom stereocenters. The van der Waals surface area contributed by atoms with Gasteiger partial charge in [0.05, 0.1) is 7.11 Å². The highest BCUT2D eigenvalue weighted by Crippen LogP contribution is 2.22. The van der Waals surface area contributed by atoms with Crippen molar-refractivity contribution in [3.05, 3.63) is 64.7 Å². The van der Waals surface area contributed by atoms with Crippen LogP contribution in [-0.2, 0) is 22.6 Å². The quantitative estimate of drug-likeness (QED) is 0.538. The lowest BCUT2D eigenvalue weighted by molar-refractivity contribution is -0.141. The van der Waals surface area contributed by atoms with Gasteiger partial charge < -0.3 is 15.0 Å². The number of aryl methyl sites for hydroxylation is 1. The van der Waals surface area contributed by atoms with Gasteiger partial charge in [-0.15, -0.1) is 0 Å². The Hall–Kier alpha value is -2.53. The fourth-order valence-electron chi connectivity index (χ4n) is 4.30. The van der Waals surface area contributed by atoms with Gasteiger partial charge in [-0.3, -0.25) is 9.59 Å². The second-order valence-corrected chi connectivity index (χ2v) is 8.78. The molecule has 0 bridgehead atoms. The van der Waals surface area contributed by atoms with E-state index in [0.717, 1.165) is 42.6 Å². The van der Waals surface area contributed by atoms with Crippen molar-refractivity contribution in [3.8, 4) is 5.75 Å². The van der Waals surface area contributed by atoms with Crippen molar-refractivity contribution in [2.75, 3.05) is 7.11 Å². The molecule has 0 aliphatic heterocycles. The second kappa shape index (κ2) is 11.9. The van der Waals surface area contributed by atoms with E-state index in [4.69, 9.17) is 16.3 Å². The third-order valence-corrected chi connectivity index (χ3v) is 6.53. The molecule has 2 aromatic carbocycles. The highest BCUT2D eigenvalue weighted by atomic mass is 35.5. The number of halogens is 1. The van der Waals surface area contributed by atoms with Gasteiger partial charge in [0.15, 0.2) is 0 Å². The smallest absolute Gasteiger partial charge is 0.243 e. The predicted molar refractivity (Wildman–Crippen MR) is 128 cm³/mol. The van der Waals surface area contributed by atoms with E-state index in [1.807, 2.05) is 55.5 Å². The van der Waals surface area contributed by atoms with Gasteiger partial charge in [0, 0.05) is 24.0 Å². The molecular weight excluding hydrogens is 424 g/mol.